The van der Waals surface area contributed by atoms with Crippen LogP contribution >= 0.6 is 0 Å². The molecule has 0 amide bonds. The van der Waals surface area contributed by atoms with E-state index in [1.807, 2.05) is 72.2 Å². The van der Waals surface area contributed by atoms with E-state index >= 15 is 0 Å². The van der Waals surface area contributed by atoms with E-state index < -0.39 is 0 Å². The fourth-order valence-electron chi connectivity index (χ4n) is 4.09. The Morgan fingerprint density at radius 1 is 0.969 bits per heavy atom. The van der Waals surface area contributed by atoms with Gasteiger partial charge >= 0.3 is 0 Å². The summed E-state index contributed by atoms with van der Waals surface area (Å²) in [5.74, 6) is 2.20. The van der Waals surface area contributed by atoms with Crippen LogP contribution in [0.5, 0.6) is 5.75 Å². The van der Waals surface area contributed by atoms with E-state index in [4.69, 9.17) is 9.72 Å². The molecule has 0 bridgehead atoms. The standard InChI is InChI=1S/C25H28N6O/c1-19-23-18-26-25(29-31(23)24(27-19)20-8-4-2-5-9-20)28-21-10-12-22(13-11-21)32-17-16-30-14-6-3-7-15-30/h2,4-5,8-13,18H,3,6-7,14-17H2,1H3,(H,28,29). The van der Waals surface area contributed by atoms with Crippen molar-refractivity contribution in [3.05, 3.63) is 66.5 Å². The fourth-order valence-corrected chi connectivity index (χ4v) is 4.09. The number of hydrogen-bond donors (Lipinski definition) is 1. The summed E-state index contributed by atoms with van der Waals surface area (Å²) in [6.07, 6.45) is 5.78. The van der Waals surface area contributed by atoms with Crippen molar-refractivity contribution in [1.82, 2.24) is 24.5 Å². The second kappa shape index (κ2) is 9.36. The maximum atomic E-state index is 5.93. The van der Waals surface area contributed by atoms with Gasteiger partial charge in [0.05, 0.1) is 11.9 Å². The molecule has 1 aliphatic rings. The van der Waals surface area contributed by atoms with E-state index in [9.17, 15) is 0 Å². The van der Waals surface area contributed by atoms with Crippen molar-refractivity contribution in [3.8, 4) is 17.1 Å². The number of aromatic nitrogens is 4. The lowest BCUT2D eigenvalue weighted by Gasteiger charge is -2.26. The first kappa shape index (κ1) is 20.5. The molecule has 0 aliphatic carbocycles. The number of fused-ring (bicyclic) bond motifs is 1. The van der Waals surface area contributed by atoms with Gasteiger partial charge in [0.1, 0.15) is 17.9 Å². The van der Waals surface area contributed by atoms with Gasteiger partial charge in [-0.25, -0.2) is 14.5 Å². The molecule has 1 N–H and O–H groups in total. The Hall–Kier alpha value is -3.45. The topological polar surface area (TPSA) is 67.6 Å². The van der Waals surface area contributed by atoms with Crippen molar-refractivity contribution in [2.45, 2.75) is 26.2 Å². The lowest BCUT2D eigenvalue weighted by Crippen LogP contribution is -2.33. The quantitative estimate of drug-likeness (QED) is 0.460. The van der Waals surface area contributed by atoms with Gasteiger partial charge in [-0.15, -0.1) is 5.10 Å². The van der Waals surface area contributed by atoms with Gasteiger partial charge < -0.3 is 10.1 Å². The normalized spacial score (nSPS) is 14.5. The predicted molar refractivity (Wildman–Crippen MR) is 126 cm³/mol. The van der Waals surface area contributed by atoms with Crippen LogP contribution in [0.25, 0.3) is 16.9 Å². The summed E-state index contributed by atoms with van der Waals surface area (Å²) < 4.78 is 7.77. The van der Waals surface area contributed by atoms with Crippen molar-refractivity contribution in [3.63, 3.8) is 0 Å². The molecule has 2 aromatic heterocycles. The Kier molecular flexibility index (Phi) is 5.98. The minimum atomic E-state index is 0.519. The van der Waals surface area contributed by atoms with Gasteiger partial charge in [-0.2, -0.15) is 0 Å². The molecule has 7 nitrogen and oxygen atoms in total. The molecule has 32 heavy (non-hydrogen) atoms. The van der Waals surface area contributed by atoms with Crippen LogP contribution in [0.15, 0.2) is 60.8 Å². The molecule has 2 aromatic carbocycles. The largest absolute Gasteiger partial charge is 0.492 e. The van der Waals surface area contributed by atoms with Gasteiger partial charge in [-0.1, -0.05) is 36.8 Å². The number of nitrogens with one attached hydrogen (secondary N) is 1. The third-order valence-corrected chi connectivity index (χ3v) is 5.84. The monoisotopic (exact) mass is 428 g/mol. The summed E-state index contributed by atoms with van der Waals surface area (Å²) >= 11 is 0. The number of piperidine rings is 1. The van der Waals surface area contributed by atoms with E-state index in [2.05, 4.69) is 20.3 Å². The van der Waals surface area contributed by atoms with Gasteiger partial charge in [-0.05, 0) is 57.1 Å². The maximum absolute atomic E-state index is 5.93. The minimum Gasteiger partial charge on any atom is -0.492 e. The fraction of sp³-hybridized carbons (Fsp3) is 0.320. The summed E-state index contributed by atoms with van der Waals surface area (Å²) in [5, 5.41) is 7.97. The zero-order valence-corrected chi connectivity index (χ0v) is 18.4. The van der Waals surface area contributed by atoms with Gasteiger partial charge in [0.15, 0.2) is 5.82 Å². The van der Waals surface area contributed by atoms with Gasteiger partial charge in [0, 0.05) is 17.8 Å². The number of nitrogens with zero attached hydrogens (tertiary/aromatic N) is 5. The SMILES string of the molecule is Cc1nc(-c2ccccc2)n2nc(Nc3ccc(OCCN4CCCCC4)cc3)ncc12. The third kappa shape index (κ3) is 4.57. The van der Waals surface area contributed by atoms with Crippen molar-refractivity contribution >= 4 is 17.2 Å². The first-order valence-electron chi connectivity index (χ1n) is 11.3. The third-order valence-electron chi connectivity index (χ3n) is 5.84. The second-order valence-corrected chi connectivity index (χ2v) is 8.17. The highest BCUT2D eigenvalue weighted by molar-refractivity contribution is 5.64. The Labute approximate surface area is 188 Å². The van der Waals surface area contributed by atoms with Crippen LogP contribution in [0, 0.1) is 6.92 Å². The average molecular weight is 429 g/mol. The highest BCUT2D eigenvalue weighted by Gasteiger charge is 2.13. The molecule has 1 fully saturated rings. The molecule has 1 saturated heterocycles. The van der Waals surface area contributed by atoms with Crippen LogP contribution in [-0.2, 0) is 0 Å². The van der Waals surface area contributed by atoms with Crippen LogP contribution in [-0.4, -0.2) is 50.7 Å². The number of ether oxygens (including phenoxy) is 1. The van der Waals surface area contributed by atoms with E-state index in [1.54, 1.807) is 0 Å². The molecular weight excluding hydrogens is 400 g/mol. The van der Waals surface area contributed by atoms with Crippen molar-refractivity contribution in [1.29, 1.82) is 0 Å². The first-order valence-corrected chi connectivity index (χ1v) is 11.3. The Balaban J connectivity index is 1.26. The summed E-state index contributed by atoms with van der Waals surface area (Å²) in [6.45, 7) is 6.07. The lowest BCUT2D eigenvalue weighted by atomic mass is 10.1. The molecule has 0 radical (unpaired) electrons. The minimum absolute atomic E-state index is 0.519. The van der Waals surface area contributed by atoms with Crippen molar-refractivity contribution in [2.24, 2.45) is 0 Å². The van der Waals surface area contributed by atoms with Crippen LogP contribution in [0.4, 0.5) is 11.6 Å². The van der Waals surface area contributed by atoms with Gasteiger partial charge in [0.25, 0.3) is 0 Å². The Bertz CT molecular complexity index is 1170. The summed E-state index contributed by atoms with van der Waals surface area (Å²) in [5.41, 5.74) is 3.73. The Morgan fingerprint density at radius 2 is 1.75 bits per heavy atom. The number of hydrogen-bond acceptors (Lipinski definition) is 6. The predicted octanol–water partition coefficient (Wildman–Crippen LogP) is 4.71. The van der Waals surface area contributed by atoms with Crippen LogP contribution in [0.1, 0.15) is 25.0 Å². The van der Waals surface area contributed by atoms with Crippen LogP contribution in [0.3, 0.4) is 0 Å². The van der Waals surface area contributed by atoms with Gasteiger partial charge in [-0.3, -0.25) is 4.90 Å². The molecule has 1 aliphatic heterocycles. The van der Waals surface area contributed by atoms with Crippen LogP contribution in [0.2, 0.25) is 0 Å². The van der Waals surface area contributed by atoms with E-state index in [-0.39, 0.29) is 0 Å². The number of anilines is 2. The zero-order chi connectivity index (χ0) is 21.8. The number of likely N-dealkylation sites (tertiary alicyclic amines) is 1. The lowest BCUT2D eigenvalue weighted by molar-refractivity contribution is 0.183. The zero-order valence-electron chi connectivity index (χ0n) is 18.4. The molecule has 7 heteroatoms. The van der Waals surface area contributed by atoms with Crippen LogP contribution < -0.4 is 10.1 Å². The summed E-state index contributed by atoms with van der Waals surface area (Å²) in [4.78, 5) is 11.6. The molecule has 5 rings (SSSR count). The number of imidazole rings is 1. The van der Waals surface area contributed by atoms with Crippen molar-refractivity contribution < 1.29 is 4.74 Å². The highest BCUT2D eigenvalue weighted by Crippen LogP contribution is 2.23. The highest BCUT2D eigenvalue weighted by atomic mass is 16.5. The molecule has 0 unspecified atom stereocenters. The first-order chi connectivity index (χ1) is 15.8. The number of aryl methyl sites for hydroxylation is 1. The molecular formula is C25H28N6O. The summed E-state index contributed by atoms with van der Waals surface area (Å²) in [6, 6.07) is 18.0. The van der Waals surface area contributed by atoms with E-state index in [0.29, 0.717) is 5.95 Å². The maximum Gasteiger partial charge on any atom is 0.245 e. The molecule has 0 saturated carbocycles. The molecule has 0 atom stereocenters. The molecule has 164 valence electrons. The smallest absolute Gasteiger partial charge is 0.245 e. The van der Waals surface area contributed by atoms with E-state index in [0.717, 1.165) is 47.2 Å². The van der Waals surface area contributed by atoms with E-state index in [1.165, 1.54) is 32.4 Å². The second-order valence-electron chi connectivity index (χ2n) is 8.17. The molecule has 0 spiro atoms. The van der Waals surface area contributed by atoms with Gasteiger partial charge in [0.2, 0.25) is 5.95 Å². The number of benzene rings is 2. The average Bonchev–Trinajstić information content (AvgIpc) is 3.17. The Morgan fingerprint density at radius 3 is 2.53 bits per heavy atom. The number of rotatable bonds is 7. The molecule has 4 aromatic rings. The van der Waals surface area contributed by atoms with Crippen molar-refractivity contribution in [2.75, 3.05) is 31.6 Å². The molecule has 3 heterocycles. The summed E-state index contributed by atoms with van der Waals surface area (Å²) in [7, 11) is 0.